The highest BCUT2D eigenvalue weighted by Crippen LogP contribution is 2.27. The van der Waals surface area contributed by atoms with Crippen molar-refractivity contribution in [2.75, 3.05) is 5.32 Å². The van der Waals surface area contributed by atoms with Gasteiger partial charge in [0, 0.05) is 5.69 Å². The molecule has 0 saturated heterocycles. The number of anilines is 1. The Morgan fingerprint density at radius 1 is 1.52 bits per heavy atom. The maximum atomic E-state index is 12.1. The molecule has 1 heterocycles. The maximum Gasteiger partial charge on any atom is 0.387 e. The number of benzene rings is 1. The first-order valence-electron chi connectivity index (χ1n) is 6.04. The molecule has 23 heavy (non-hydrogen) atoms. The van der Waals surface area contributed by atoms with Gasteiger partial charge in [0.25, 0.3) is 5.91 Å². The monoisotopic (exact) mass is 390 g/mol. The molecule has 1 aromatic carbocycles. The number of hydrogen-bond acceptors (Lipinski definition) is 5. The number of nitrogens with zero attached hydrogens (tertiary/aromatic N) is 2. The van der Waals surface area contributed by atoms with E-state index in [4.69, 9.17) is 0 Å². The fraction of sp³-hybridized carbons (Fsp3) is 0.167. The third-order valence-corrected chi connectivity index (χ3v) is 3.51. The summed E-state index contributed by atoms with van der Waals surface area (Å²) in [5, 5.41) is 18.9. The zero-order valence-corrected chi connectivity index (χ0v) is 13.1. The number of halogens is 3. The van der Waals surface area contributed by atoms with Gasteiger partial charge in [-0.1, -0.05) is 5.10 Å². The molecule has 8 nitrogen and oxygen atoms in total. The van der Waals surface area contributed by atoms with Crippen LogP contribution in [-0.2, 0) is 0 Å². The van der Waals surface area contributed by atoms with E-state index >= 15 is 0 Å². The highest BCUT2D eigenvalue weighted by molar-refractivity contribution is 9.10. The lowest BCUT2D eigenvalue weighted by Crippen LogP contribution is -2.14. The largest absolute Gasteiger partial charge is 0.435 e. The molecule has 0 saturated carbocycles. The second-order valence-electron chi connectivity index (χ2n) is 4.30. The van der Waals surface area contributed by atoms with E-state index in [9.17, 15) is 23.7 Å². The van der Waals surface area contributed by atoms with Crippen molar-refractivity contribution in [3.8, 4) is 5.75 Å². The van der Waals surface area contributed by atoms with Gasteiger partial charge >= 0.3 is 12.4 Å². The van der Waals surface area contributed by atoms with Crippen LogP contribution in [0, 0.1) is 17.0 Å². The Kier molecular flexibility index (Phi) is 4.89. The van der Waals surface area contributed by atoms with Crippen LogP contribution in [0.1, 0.15) is 16.1 Å². The van der Waals surface area contributed by atoms with Gasteiger partial charge in [0.15, 0.2) is 5.69 Å². The van der Waals surface area contributed by atoms with Gasteiger partial charge in [0.1, 0.15) is 10.2 Å². The molecule has 2 rings (SSSR count). The number of H-pyrrole nitrogens is 1. The number of nitrogens with one attached hydrogen (secondary N) is 2. The number of amides is 1. The molecule has 0 radical (unpaired) electrons. The van der Waals surface area contributed by atoms with Crippen molar-refractivity contribution >= 4 is 33.3 Å². The minimum absolute atomic E-state index is 0.0490. The summed E-state index contributed by atoms with van der Waals surface area (Å²) in [6.45, 7) is -1.37. The first-order valence-corrected chi connectivity index (χ1v) is 6.84. The summed E-state index contributed by atoms with van der Waals surface area (Å²) in [4.78, 5) is 22.1. The summed E-state index contributed by atoms with van der Waals surface area (Å²) < 4.78 is 28.4. The second kappa shape index (κ2) is 6.69. The van der Waals surface area contributed by atoms with Gasteiger partial charge in [-0.2, -0.15) is 8.78 Å². The number of nitro groups is 1. The lowest BCUT2D eigenvalue weighted by molar-refractivity contribution is -0.390. The highest BCUT2D eigenvalue weighted by atomic mass is 79.9. The molecule has 0 bridgehead atoms. The van der Waals surface area contributed by atoms with Crippen LogP contribution in [0.2, 0.25) is 0 Å². The van der Waals surface area contributed by atoms with Crippen molar-refractivity contribution in [2.24, 2.45) is 0 Å². The van der Waals surface area contributed by atoms with Crippen LogP contribution in [-0.4, -0.2) is 27.6 Å². The van der Waals surface area contributed by atoms with Crippen LogP contribution >= 0.6 is 15.9 Å². The Hall–Kier alpha value is -2.56. The van der Waals surface area contributed by atoms with Gasteiger partial charge in [-0.25, -0.2) is 0 Å². The Bertz CT molecular complexity index is 766. The van der Waals surface area contributed by atoms with E-state index in [0.717, 1.165) is 0 Å². The zero-order chi connectivity index (χ0) is 17.1. The average Bonchev–Trinajstić information content (AvgIpc) is 2.83. The first kappa shape index (κ1) is 16.8. The summed E-state index contributed by atoms with van der Waals surface area (Å²) >= 11 is 2.92. The smallest absolute Gasteiger partial charge is 0.387 e. The summed E-state index contributed by atoms with van der Waals surface area (Å²) in [6, 6.07) is 3.96. The summed E-state index contributed by atoms with van der Waals surface area (Å²) in [5.74, 6) is -1.20. The number of alkyl halides is 2. The molecule has 0 unspecified atom stereocenters. The number of rotatable bonds is 5. The van der Waals surface area contributed by atoms with Crippen molar-refractivity contribution in [1.29, 1.82) is 0 Å². The fourth-order valence-electron chi connectivity index (χ4n) is 1.72. The Morgan fingerprint density at radius 3 is 2.74 bits per heavy atom. The molecule has 0 spiro atoms. The van der Waals surface area contributed by atoms with E-state index in [1.165, 1.54) is 18.2 Å². The normalized spacial score (nSPS) is 10.7. The van der Waals surface area contributed by atoms with Crippen LogP contribution in [0.25, 0.3) is 0 Å². The molecule has 2 N–H and O–H groups in total. The molecule has 2 aromatic rings. The molecular formula is C12H9BrF2N4O4. The number of aromatic amines is 1. The summed E-state index contributed by atoms with van der Waals surface area (Å²) in [5.41, 5.74) is 0.593. The van der Waals surface area contributed by atoms with Crippen LogP contribution < -0.4 is 10.1 Å². The SMILES string of the molecule is Cc1cc(OC(F)F)ccc1NC(=O)c1n[nH]c([N+](=O)[O-])c1Br. The van der Waals surface area contributed by atoms with Crippen LogP contribution in [0.4, 0.5) is 20.3 Å². The molecule has 0 atom stereocenters. The summed E-state index contributed by atoms with van der Waals surface area (Å²) in [6.07, 6.45) is 0. The van der Waals surface area contributed by atoms with E-state index in [1.807, 2.05) is 0 Å². The number of hydrogen-bond donors (Lipinski definition) is 2. The third-order valence-electron chi connectivity index (χ3n) is 2.76. The Labute approximate surface area is 136 Å². The fourth-order valence-corrected chi connectivity index (χ4v) is 2.23. The molecule has 1 amide bonds. The van der Waals surface area contributed by atoms with E-state index < -0.39 is 23.3 Å². The minimum atomic E-state index is -2.95. The van der Waals surface area contributed by atoms with E-state index in [1.54, 1.807) is 6.92 Å². The standard InChI is InChI=1S/C12H9BrF2N4O4/c1-5-4-6(23-12(14)15)2-3-7(5)16-11(20)9-8(13)10(18-17-9)19(21)22/h2-4,12H,1H3,(H,16,20)(H,17,18). The maximum absolute atomic E-state index is 12.1. The van der Waals surface area contributed by atoms with Gasteiger partial charge in [-0.3, -0.25) is 4.79 Å². The van der Waals surface area contributed by atoms with Crippen LogP contribution in [0.3, 0.4) is 0 Å². The molecule has 0 aliphatic rings. The topological polar surface area (TPSA) is 110 Å². The molecule has 1 aromatic heterocycles. The van der Waals surface area contributed by atoms with E-state index in [-0.39, 0.29) is 15.9 Å². The predicted octanol–water partition coefficient (Wildman–Crippen LogP) is 3.24. The Balaban J connectivity index is 2.19. The van der Waals surface area contributed by atoms with Crippen molar-refractivity contribution < 1.29 is 23.2 Å². The molecule has 122 valence electrons. The van der Waals surface area contributed by atoms with E-state index in [2.05, 4.69) is 36.2 Å². The van der Waals surface area contributed by atoms with Gasteiger partial charge in [-0.05, 0) is 51.5 Å². The van der Waals surface area contributed by atoms with Crippen molar-refractivity contribution in [2.45, 2.75) is 13.5 Å². The number of carbonyl (C=O) groups excluding carboxylic acids is 1. The molecule has 0 aliphatic carbocycles. The third kappa shape index (κ3) is 3.80. The van der Waals surface area contributed by atoms with Gasteiger partial charge in [0.2, 0.25) is 0 Å². The first-order chi connectivity index (χ1) is 10.8. The Morgan fingerprint density at radius 2 is 2.22 bits per heavy atom. The number of aryl methyl sites for hydroxylation is 1. The predicted molar refractivity (Wildman–Crippen MR) is 78.7 cm³/mol. The van der Waals surface area contributed by atoms with Gasteiger partial charge in [-0.15, -0.1) is 5.10 Å². The number of carbonyl (C=O) groups is 1. The quantitative estimate of drug-likeness (QED) is 0.601. The van der Waals surface area contributed by atoms with Crippen LogP contribution in [0.15, 0.2) is 22.7 Å². The average molecular weight is 391 g/mol. The molecule has 0 fully saturated rings. The number of ether oxygens (including phenoxy) is 1. The van der Waals surface area contributed by atoms with Gasteiger partial charge in [0.05, 0.1) is 0 Å². The lowest BCUT2D eigenvalue weighted by Gasteiger charge is -2.10. The second-order valence-corrected chi connectivity index (χ2v) is 5.09. The van der Waals surface area contributed by atoms with Crippen molar-refractivity contribution in [1.82, 2.24) is 10.2 Å². The van der Waals surface area contributed by atoms with Crippen molar-refractivity contribution in [3.05, 3.63) is 44.0 Å². The lowest BCUT2D eigenvalue weighted by atomic mass is 10.2. The van der Waals surface area contributed by atoms with Gasteiger partial charge < -0.3 is 20.2 Å². The number of aromatic nitrogens is 2. The molecule has 0 aliphatic heterocycles. The van der Waals surface area contributed by atoms with E-state index in [0.29, 0.717) is 11.3 Å². The molecule has 11 heteroatoms. The summed E-state index contributed by atoms with van der Waals surface area (Å²) in [7, 11) is 0. The molecular weight excluding hydrogens is 382 g/mol. The zero-order valence-electron chi connectivity index (χ0n) is 11.5. The highest BCUT2D eigenvalue weighted by Gasteiger charge is 2.25. The minimum Gasteiger partial charge on any atom is -0.435 e. The van der Waals surface area contributed by atoms with Crippen LogP contribution in [0.5, 0.6) is 5.75 Å². The van der Waals surface area contributed by atoms with Crippen molar-refractivity contribution in [3.63, 3.8) is 0 Å².